The Bertz CT molecular complexity index is 412. The summed E-state index contributed by atoms with van der Waals surface area (Å²) in [4.78, 5) is 4.66. The van der Waals surface area contributed by atoms with E-state index in [4.69, 9.17) is 4.74 Å². The van der Waals surface area contributed by atoms with Crippen LogP contribution in [0.4, 0.5) is 0 Å². The molecule has 17 heavy (non-hydrogen) atoms. The first kappa shape index (κ1) is 10.0. The summed E-state index contributed by atoms with van der Waals surface area (Å²) in [6.07, 6.45) is 4.65. The third-order valence-corrected chi connectivity index (χ3v) is 4.66. The topological polar surface area (TPSA) is 34.1 Å². The first-order valence-corrected chi connectivity index (χ1v) is 6.59. The van der Waals surface area contributed by atoms with Crippen LogP contribution in [0.15, 0.2) is 18.3 Å². The van der Waals surface area contributed by atoms with Gasteiger partial charge in [-0.25, -0.2) is 0 Å². The monoisotopic (exact) mass is 230 g/mol. The Morgan fingerprint density at radius 1 is 1.18 bits per heavy atom. The lowest BCUT2D eigenvalue weighted by atomic mass is 9.60. The predicted molar refractivity (Wildman–Crippen MR) is 65.1 cm³/mol. The van der Waals surface area contributed by atoms with Crippen molar-refractivity contribution in [3.8, 4) is 0 Å². The predicted octanol–water partition coefficient (Wildman–Crippen LogP) is 1.66. The van der Waals surface area contributed by atoms with Crippen molar-refractivity contribution in [2.24, 2.45) is 5.41 Å². The molecule has 1 aromatic heterocycles. The van der Waals surface area contributed by atoms with E-state index in [0.29, 0.717) is 17.3 Å². The Balaban J connectivity index is 1.44. The highest BCUT2D eigenvalue weighted by atomic mass is 16.5. The lowest BCUT2D eigenvalue weighted by Gasteiger charge is -2.53. The van der Waals surface area contributed by atoms with E-state index in [2.05, 4.69) is 28.6 Å². The van der Waals surface area contributed by atoms with Gasteiger partial charge in [-0.1, -0.05) is 6.07 Å². The fourth-order valence-corrected chi connectivity index (χ4v) is 3.25. The van der Waals surface area contributed by atoms with Gasteiger partial charge in [0.05, 0.1) is 13.2 Å². The number of hydrogen-bond acceptors (Lipinski definition) is 3. The fraction of sp³-hybridized carbons (Fsp3) is 0.643. The van der Waals surface area contributed by atoms with Gasteiger partial charge in [-0.15, -0.1) is 0 Å². The summed E-state index contributed by atoms with van der Waals surface area (Å²) < 4.78 is 5.31. The number of aromatic nitrogens is 1. The maximum absolute atomic E-state index is 5.31. The molecule has 1 N–H and O–H groups in total. The molecule has 1 spiro atoms. The smallest absolute Gasteiger partial charge is 0.0545 e. The van der Waals surface area contributed by atoms with Crippen molar-refractivity contribution >= 4 is 0 Å². The van der Waals surface area contributed by atoms with Gasteiger partial charge in [0.15, 0.2) is 0 Å². The summed E-state index contributed by atoms with van der Waals surface area (Å²) in [5.41, 5.74) is 3.23. The molecule has 3 heterocycles. The molecule has 1 aliphatic carbocycles. The highest BCUT2D eigenvalue weighted by molar-refractivity contribution is 5.25. The first-order chi connectivity index (χ1) is 8.35. The minimum absolute atomic E-state index is 0.545. The number of ether oxygens (including phenoxy) is 1. The Morgan fingerprint density at radius 3 is 2.47 bits per heavy atom. The van der Waals surface area contributed by atoms with Gasteiger partial charge < -0.3 is 10.1 Å². The number of hydrogen-bond donors (Lipinski definition) is 1. The second kappa shape index (κ2) is 3.53. The van der Waals surface area contributed by atoms with Crippen molar-refractivity contribution in [1.82, 2.24) is 10.3 Å². The normalized spacial score (nSPS) is 27.3. The van der Waals surface area contributed by atoms with Crippen molar-refractivity contribution in [1.29, 1.82) is 0 Å². The van der Waals surface area contributed by atoms with E-state index in [1.165, 1.54) is 24.1 Å². The molecule has 0 radical (unpaired) electrons. The van der Waals surface area contributed by atoms with Gasteiger partial charge in [0.2, 0.25) is 0 Å². The zero-order valence-electron chi connectivity index (χ0n) is 9.98. The second-order valence-electron chi connectivity index (χ2n) is 5.97. The van der Waals surface area contributed by atoms with Gasteiger partial charge in [-0.3, -0.25) is 4.98 Å². The van der Waals surface area contributed by atoms with Crippen LogP contribution in [0.25, 0.3) is 0 Å². The van der Waals surface area contributed by atoms with E-state index in [0.717, 1.165) is 26.3 Å². The van der Waals surface area contributed by atoms with E-state index < -0.39 is 0 Å². The number of nitrogens with one attached hydrogen (secondary N) is 1. The van der Waals surface area contributed by atoms with Crippen molar-refractivity contribution in [2.45, 2.75) is 24.7 Å². The number of pyridine rings is 1. The SMILES string of the molecule is c1cc(C2CC3(COC3)C2)ncc1C1CNC1. The molecule has 3 heteroatoms. The van der Waals surface area contributed by atoms with Crippen molar-refractivity contribution in [3.63, 3.8) is 0 Å². The largest absolute Gasteiger partial charge is 0.380 e. The van der Waals surface area contributed by atoms with Crippen LogP contribution in [-0.4, -0.2) is 31.3 Å². The molecular formula is C14H18N2O. The molecule has 2 saturated heterocycles. The van der Waals surface area contributed by atoms with E-state index in [-0.39, 0.29) is 0 Å². The third kappa shape index (κ3) is 1.53. The van der Waals surface area contributed by atoms with E-state index in [9.17, 15) is 0 Å². The van der Waals surface area contributed by atoms with Crippen molar-refractivity contribution in [3.05, 3.63) is 29.6 Å². The lowest BCUT2D eigenvalue weighted by molar-refractivity contribution is -0.164. The van der Waals surface area contributed by atoms with Gasteiger partial charge >= 0.3 is 0 Å². The standard InChI is InChI=1S/C14H18N2O/c1-2-13(11-3-14(4-11)8-17-9-14)16-7-10(1)12-5-15-6-12/h1-2,7,11-12,15H,3-6,8-9H2. The zero-order chi connectivity index (χ0) is 11.3. The van der Waals surface area contributed by atoms with Gasteiger partial charge in [-0.2, -0.15) is 0 Å². The van der Waals surface area contributed by atoms with Crippen LogP contribution in [0.1, 0.15) is 35.9 Å². The van der Waals surface area contributed by atoms with Crippen LogP contribution in [-0.2, 0) is 4.74 Å². The molecule has 4 rings (SSSR count). The van der Waals surface area contributed by atoms with Gasteiger partial charge in [0.25, 0.3) is 0 Å². The molecule has 3 aliphatic rings. The molecule has 3 nitrogen and oxygen atoms in total. The van der Waals surface area contributed by atoms with Crippen LogP contribution in [0.2, 0.25) is 0 Å². The van der Waals surface area contributed by atoms with Gasteiger partial charge in [0, 0.05) is 42.2 Å². The van der Waals surface area contributed by atoms with Crippen LogP contribution < -0.4 is 5.32 Å². The maximum atomic E-state index is 5.31. The van der Waals surface area contributed by atoms with Crippen molar-refractivity contribution in [2.75, 3.05) is 26.3 Å². The Morgan fingerprint density at radius 2 is 2.00 bits per heavy atom. The average molecular weight is 230 g/mol. The third-order valence-electron chi connectivity index (χ3n) is 4.66. The van der Waals surface area contributed by atoms with E-state index in [1.807, 2.05) is 0 Å². The summed E-state index contributed by atoms with van der Waals surface area (Å²) in [5.74, 6) is 1.39. The highest BCUT2D eigenvalue weighted by Gasteiger charge is 2.50. The minimum Gasteiger partial charge on any atom is -0.380 e. The molecule has 2 aliphatic heterocycles. The molecule has 1 aromatic rings. The zero-order valence-corrected chi connectivity index (χ0v) is 9.98. The Hall–Kier alpha value is -0.930. The average Bonchev–Trinajstić information content (AvgIpc) is 2.13. The molecule has 0 bridgehead atoms. The Kier molecular flexibility index (Phi) is 2.08. The molecule has 0 atom stereocenters. The first-order valence-electron chi connectivity index (χ1n) is 6.59. The summed E-state index contributed by atoms with van der Waals surface area (Å²) in [7, 11) is 0. The fourth-order valence-electron chi connectivity index (χ4n) is 3.25. The van der Waals surface area contributed by atoms with E-state index in [1.54, 1.807) is 0 Å². The van der Waals surface area contributed by atoms with E-state index >= 15 is 0 Å². The van der Waals surface area contributed by atoms with Gasteiger partial charge in [-0.05, 0) is 24.5 Å². The summed E-state index contributed by atoms with van der Waals surface area (Å²) in [5, 5.41) is 3.30. The molecule has 3 fully saturated rings. The van der Waals surface area contributed by atoms with Crippen LogP contribution >= 0.6 is 0 Å². The molecule has 0 aromatic carbocycles. The van der Waals surface area contributed by atoms with Crippen LogP contribution in [0.5, 0.6) is 0 Å². The number of nitrogens with zero attached hydrogens (tertiary/aromatic N) is 1. The second-order valence-corrected chi connectivity index (χ2v) is 5.97. The maximum Gasteiger partial charge on any atom is 0.0545 e. The Labute approximate surface area is 102 Å². The molecule has 0 unspecified atom stereocenters. The molecule has 90 valence electrons. The van der Waals surface area contributed by atoms with Crippen molar-refractivity contribution < 1.29 is 4.74 Å². The number of rotatable bonds is 2. The minimum atomic E-state index is 0.545. The lowest BCUT2D eigenvalue weighted by Crippen LogP contribution is -2.51. The quantitative estimate of drug-likeness (QED) is 0.839. The van der Waals surface area contributed by atoms with Crippen LogP contribution in [0.3, 0.4) is 0 Å². The summed E-state index contributed by atoms with van der Waals surface area (Å²) in [6, 6.07) is 4.51. The van der Waals surface area contributed by atoms with Crippen LogP contribution in [0, 0.1) is 5.41 Å². The van der Waals surface area contributed by atoms with Gasteiger partial charge in [0.1, 0.15) is 0 Å². The summed E-state index contributed by atoms with van der Waals surface area (Å²) in [6.45, 7) is 4.19. The summed E-state index contributed by atoms with van der Waals surface area (Å²) >= 11 is 0. The molecule has 1 saturated carbocycles. The molecule has 0 amide bonds. The highest BCUT2D eigenvalue weighted by Crippen LogP contribution is 2.54. The molecular weight excluding hydrogens is 212 g/mol.